The van der Waals surface area contributed by atoms with E-state index in [1.165, 1.54) is 29.3 Å². The summed E-state index contributed by atoms with van der Waals surface area (Å²) in [5.74, 6) is 0.440. The highest BCUT2D eigenvalue weighted by atomic mass is 32.1. The third kappa shape index (κ3) is 2.69. The van der Waals surface area contributed by atoms with Gasteiger partial charge in [0.15, 0.2) is 0 Å². The van der Waals surface area contributed by atoms with Crippen LogP contribution in [0.25, 0.3) is 0 Å². The van der Waals surface area contributed by atoms with Crippen LogP contribution in [0.4, 0.5) is 0 Å². The molecular weight excluding hydrogens is 230 g/mol. The summed E-state index contributed by atoms with van der Waals surface area (Å²) in [4.78, 5) is 8.52. The normalized spacial score (nSPS) is 23.5. The molecule has 96 valence electrons. The lowest BCUT2D eigenvalue weighted by molar-refractivity contribution is 0.205. The summed E-state index contributed by atoms with van der Waals surface area (Å²) >= 11 is 1.85. The molecule has 0 aliphatic carbocycles. The van der Waals surface area contributed by atoms with Crippen LogP contribution in [0.15, 0.2) is 6.20 Å². The van der Waals surface area contributed by atoms with Gasteiger partial charge >= 0.3 is 0 Å². The molecule has 4 heteroatoms. The molecule has 1 fully saturated rings. The minimum absolute atomic E-state index is 0.440. The van der Waals surface area contributed by atoms with Crippen LogP contribution in [0.5, 0.6) is 0 Å². The number of rotatable bonds is 4. The number of nitrogens with zero attached hydrogens (tertiary/aromatic N) is 2. The highest BCUT2D eigenvalue weighted by Crippen LogP contribution is 2.36. The van der Waals surface area contributed by atoms with Crippen LogP contribution in [0.2, 0.25) is 0 Å². The van der Waals surface area contributed by atoms with E-state index in [1.54, 1.807) is 0 Å². The summed E-state index contributed by atoms with van der Waals surface area (Å²) < 4.78 is 0. The number of hydrogen-bond donors (Lipinski definition) is 1. The van der Waals surface area contributed by atoms with Gasteiger partial charge in [-0.2, -0.15) is 0 Å². The molecule has 2 rings (SSSR count). The summed E-state index contributed by atoms with van der Waals surface area (Å²) in [6, 6.07) is 1.15. The summed E-state index contributed by atoms with van der Waals surface area (Å²) in [7, 11) is 0. The molecule has 3 nitrogen and oxygen atoms in total. The maximum atomic E-state index is 5.71. The first-order valence-corrected chi connectivity index (χ1v) is 7.36. The van der Waals surface area contributed by atoms with E-state index in [9.17, 15) is 0 Å². The first kappa shape index (κ1) is 13.0. The van der Waals surface area contributed by atoms with E-state index in [-0.39, 0.29) is 0 Å². The Bertz CT molecular complexity index is 361. The first-order chi connectivity index (χ1) is 8.13. The second kappa shape index (κ2) is 5.46. The van der Waals surface area contributed by atoms with Gasteiger partial charge in [-0.3, -0.25) is 4.90 Å². The molecule has 2 unspecified atom stereocenters. The molecule has 0 amide bonds. The van der Waals surface area contributed by atoms with Gasteiger partial charge in [-0.1, -0.05) is 6.92 Å². The number of likely N-dealkylation sites (tertiary alicyclic amines) is 1. The van der Waals surface area contributed by atoms with Crippen molar-refractivity contribution in [2.24, 2.45) is 5.73 Å². The standard InChI is InChI=1S/C13H23N3S/c1-9(2)16-6-4-5-11(16)13-15-8-12(17-13)10(3)7-14/h8-11H,4-7,14H2,1-3H3. The van der Waals surface area contributed by atoms with Crippen molar-refractivity contribution in [1.82, 2.24) is 9.88 Å². The fourth-order valence-corrected chi connectivity index (χ4v) is 3.61. The Hall–Kier alpha value is -0.450. The Morgan fingerprint density at radius 2 is 2.29 bits per heavy atom. The van der Waals surface area contributed by atoms with E-state index in [2.05, 4.69) is 30.7 Å². The maximum Gasteiger partial charge on any atom is 0.110 e. The maximum absolute atomic E-state index is 5.71. The third-order valence-electron chi connectivity index (χ3n) is 3.62. The fraction of sp³-hybridized carbons (Fsp3) is 0.769. The van der Waals surface area contributed by atoms with Gasteiger partial charge in [-0.05, 0) is 39.8 Å². The predicted octanol–water partition coefficient (Wildman–Crippen LogP) is 2.75. The zero-order valence-corrected chi connectivity index (χ0v) is 11.8. The summed E-state index contributed by atoms with van der Waals surface area (Å²) in [6.07, 6.45) is 4.57. The van der Waals surface area contributed by atoms with E-state index >= 15 is 0 Å². The van der Waals surface area contributed by atoms with Crippen molar-refractivity contribution in [1.29, 1.82) is 0 Å². The summed E-state index contributed by atoms with van der Waals surface area (Å²) in [5.41, 5.74) is 5.71. The van der Waals surface area contributed by atoms with Gasteiger partial charge in [-0.25, -0.2) is 4.98 Å². The van der Waals surface area contributed by atoms with Crippen LogP contribution >= 0.6 is 11.3 Å². The van der Waals surface area contributed by atoms with Gasteiger partial charge in [0.1, 0.15) is 5.01 Å². The topological polar surface area (TPSA) is 42.1 Å². The molecule has 1 aromatic rings. The van der Waals surface area contributed by atoms with E-state index in [0.29, 0.717) is 24.5 Å². The zero-order valence-electron chi connectivity index (χ0n) is 11.0. The molecule has 1 aliphatic heterocycles. The predicted molar refractivity (Wildman–Crippen MR) is 73.4 cm³/mol. The molecule has 1 aromatic heterocycles. The van der Waals surface area contributed by atoms with Gasteiger partial charge in [0.2, 0.25) is 0 Å². The molecule has 1 aliphatic rings. The Balaban J connectivity index is 2.14. The van der Waals surface area contributed by atoms with E-state index in [1.807, 2.05) is 17.5 Å². The molecule has 2 heterocycles. The molecule has 1 saturated heterocycles. The van der Waals surface area contributed by atoms with Crippen molar-refractivity contribution in [2.45, 2.75) is 51.6 Å². The largest absolute Gasteiger partial charge is 0.330 e. The fourth-order valence-electron chi connectivity index (χ4n) is 2.47. The van der Waals surface area contributed by atoms with Gasteiger partial charge in [0.05, 0.1) is 6.04 Å². The van der Waals surface area contributed by atoms with Crippen LogP contribution in [0.3, 0.4) is 0 Å². The lowest BCUT2D eigenvalue weighted by atomic mass is 10.1. The molecule has 0 spiro atoms. The number of nitrogens with two attached hydrogens (primary N) is 1. The van der Waals surface area contributed by atoms with Crippen molar-refractivity contribution in [3.05, 3.63) is 16.1 Å². The lowest BCUT2D eigenvalue weighted by Gasteiger charge is -2.26. The molecule has 2 N–H and O–H groups in total. The second-order valence-electron chi connectivity index (χ2n) is 5.23. The Kier molecular flexibility index (Phi) is 4.17. The Morgan fingerprint density at radius 3 is 2.94 bits per heavy atom. The van der Waals surface area contributed by atoms with Gasteiger partial charge < -0.3 is 5.73 Å². The van der Waals surface area contributed by atoms with Crippen LogP contribution in [-0.2, 0) is 0 Å². The highest BCUT2D eigenvalue weighted by Gasteiger charge is 2.30. The van der Waals surface area contributed by atoms with E-state index in [0.717, 1.165) is 0 Å². The SMILES string of the molecule is CC(CN)c1cnc(C2CCCN2C(C)C)s1. The third-order valence-corrected chi connectivity index (χ3v) is 4.95. The molecule has 2 atom stereocenters. The lowest BCUT2D eigenvalue weighted by Crippen LogP contribution is -2.30. The van der Waals surface area contributed by atoms with Crippen molar-refractivity contribution in [3.63, 3.8) is 0 Å². The molecule has 0 aromatic carbocycles. The molecule has 17 heavy (non-hydrogen) atoms. The second-order valence-corrected chi connectivity index (χ2v) is 6.32. The first-order valence-electron chi connectivity index (χ1n) is 6.55. The van der Waals surface area contributed by atoms with Crippen molar-refractivity contribution >= 4 is 11.3 Å². The van der Waals surface area contributed by atoms with Crippen molar-refractivity contribution < 1.29 is 0 Å². The molecule has 0 saturated carbocycles. The molecule has 0 bridgehead atoms. The summed E-state index contributed by atoms with van der Waals surface area (Å²) in [6.45, 7) is 8.64. The van der Waals surface area contributed by atoms with Gasteiger partial charge in [0.25, 0.3) is 0 Å². The number of thiazole rings is 1. The van der Waals surface area contributed by atoms with Crippen LogP contribution in [-0.4, -0.2) is 29.0 Å². The van der Waals surface area contributed by atoms with Crippen LogP contribution in [0, 0.1) is 0 Å². The molecule has 0 radical (unpaired) electrons. The van der Waals surface area contributed by atoms with Crippen molar-refractivity contribution in [3.8, 4) is 0 Å². The van der Waals surface area contributed by atoms with Gasteiger partial charge in [-0.15, -0.1) is 11.3 Å². The monoisotopic (exact) mass is 253 g/mol. The highest BCUT2D eigenvalue weighted by molar-refractivity contribution is 7.11. The van der Waals surface area contributed by atoms with Gasteiger partial charge in [0, 0.05) is 23.0 Å². The average molecular weight is 253 g/mol. The smallest absolute Gasteiger partial charge is 0.110 e. The van der Waals surface area contributed by atoms with Crippen LogP contribution < -0.4 is 5.73 Å². The minimum Gasteiger partial charge on any atom is -0.330 e. The zero-order chi connectivity index (χ0) is 12.4. The van der Waals surface area contributed by atoms with E-state index in [4.69, 9.17) is 5.73 Å². The number of hydrogen-bond acceptors (Lipinski definition) is 4. The Morgan fingerprint density at radius 1 is 1.53 bits per heavy atom. The molecular formula is C13H23N3S. The van der Waals surface area contributed by atoms with Crippen LogP contribution in [0.1, 0.15) is 55.5 Å². The summed E-state index contributed by atoms with van der Waals surface area (Å²) in [5, 5.41) is 1.28. The quantitative estimate of drug-likeness (QED) is 0.897. The average Bonchev–Trinajstić information content (AvgIpc) is 2.95. The Labute approximate surface area is 108 Å². The van der Waals surface area contributed by atoms with Crippen molar-refractivity contribution in [2.75, 3.05) is 13.1 Å². The minimum atomic E-state index is 0.440. The van der Waals surface area contributed by atoms with E-state index < -0.39 is 0 Å². The number of aromatic nitrogens is 1.